The number of carbonyl (C=O) groups excluding carboxylic acids is 2. The first-order valence-electron chi connectivity index (χ1n) is 10.6. The van der Waals surface area contributed by atoms with Crippen LogP contribution in [0.25, 0.3) is 5.69 Å². The van der Waals surface area contributed by atoms with Gasteiger partial charge >= 0.3 is 12.0 Å². The molecule has 0 radical (unpaired) electrons. The summed E-state index contributed by atoms with van der Waals surface area (Å²) in [4.78, 5) is 27.1. The highest BCUT2D eigenvalue weighted by Gasteiger charge is 2.39. The van der Waals surface area contributed by atoms with E-state index in [-0.39, 0.29) is 6.03 Å². The maximum Gasteiger partial charge on any atom is 0.337 e. The molecular weight excluding hydrogens is 416 g/mol. The highest BCUT2D eigenvalue weighted by atomic mass is 16.5. The van der Waals surface area contributed by atoms with Crippen LogP contribution in [0.15, 0.2) is 84.9 Å². The Morgan fingerprint density at radius 1 is 0.909 bits per heavy atom. The van der Waals surface area contributed by atoms with Gasteiger partial charge in [-0.15, -0.1) is 0 Å². The van der Waals surface area contributed by atoms with Crippen molar-refractivity contribution in [2.24, 2.45) is 0 Å². The van der Waals surface area contributed by atoms with Gasteiger partial charge in [0.1, 0.15) is 5.82 Å². The highest BCUT2D eigenvalue weighted by Crippen LogP contribution is 2.42. The predicted octanol–water partition coefficient (Wildman–Crippen LogP) is 5.11. The molecule has 1 aliphatic heterocycles. The standard InChI is InChI=1S/C26H22N4O3/c1-17-22-23(18-13-15-19(16-14-18)25(31)33-2)29(20-9-5-3-6-10-20)26(32)27-24(22)30(28-17)21-11-7-4-8-12-21/h3-16,23H,1-2H3,(H,27,32)/t23-/m1/s1. The number of rotatable bonds is 4. The van der Waals surface area contributed by atoms with Crippen LogP contribution in [-0.4, -0.2) is 28.9 Å². The number of nitrogens with zero attached hydrogens (tertiary/aromatic N) is 3. The van der Waals surface area contributed by atoms with Gasteiger partial charge in [0.15, 0.2) is 0 Å². The van der Waals surface area contributed by atoms with E-state index < -0.39 is 12.0 Å². The van der Waals surface area contributed by atoms with Crippen molar-refractivity contribution in [1.82, 2.24) is 9.78 Å². The van der Waals surface area contributed by atoms with Crippen molar-refractivity contribution in [2.45, 2.75) is 13.0 Å². The van der Waals surface area contributed by atoms with E-state index >= 15 is 0 Å². The molecule has 1 atom stereocenters. The van der Waals surface area contributed by atoms with Gasteiger partial charge in [0.25, 0.3) is 0 Å². The highest BCUT2D eigenvalue weighted by molar-refractivity contribution is 6.05. The van der Waals surface area contributed by atoms with E-state index in [0.29, 0.717) is 11.4 Å². The Labute approximate surface area is 191 Å². The third-order valence-electron chi connectivity index (χ3n) is 5.77. The predicted molar refractivity (Wildman–Crippen MR) is 126 cm³/mol. The number of carbonyl (C=O) groups is 2. The number of urea groups is 1. The Kier molecular flexibility index (Phi) is 5.14. The number of methoxy groups -OCH3 is 1. The lowest BCUT2D eigenvalue weighted by Gasteiger charge is -2.36. The van der Waals surface area contributed by atoms with E-state index in [1.165, 1.54) is 7.11 Å². The zero-order valence-corrected chi connectivity index (χ0v) is 18.2. The minimum absolute atomic E-state index is 0.257. The van der Waals surface area contributed by atoms with Crippen molar-refractivity contribution in [1.29, 1.82) is 0 Å². The zero-order valence-electron chi connectivity index (χ0n) is 18.2. The molecule has 33 heavy (non-hydrogen) atoms. The second-order valence-electron chi connectivity index (χ2n) is 7.75. The molecule has 4 aromatic rings. The number of fused-ring (bicyclic) bond motifs is 1. The average Bonchev–Trinajstić information content (AvgIpc) is 3.19. The smallest absolute Gasteiger partial charge is 0.337 e. The van der Waals surface area contributed by atoms with Crippen LogP contribution in [0, 0.1) is 6.92 Å². The normalized spacial score (nSPS) is 15.0. The molecule has 0 fully saturated rings. The summed E-state index contributed by atoms with van der Waals surface area (Å²) in [7, 11) is 1.35. The molecule has 0 unspecified atom stereocenters. The minimum Gasteiger partial charge on any atom is -0.465 e. The summed E-state index contributed by atoms with van der Waals surface area (Å²) in [6.07, 6.45) is 0. The fourth-order valence-corrected chi connectivity index (χ4v) is 4.24. The number of para-hydroxylation sites is 2. The SMILES string of the molecule is COC(=O)c1ccc([C@@H]2c3c(C)nn(-c4ccccc4)c3NC(=O)N2c2ccccc2)cc1. The van der Waals surface area contributed by atoms with Crippen molar-refractivity contribution < 1.29 is 14.3 Å². The van der Waals surface area contributed by atoms with Gasteiger partial charge in [-0.1, -0.05) is 48.5 Å². The van der Waals surface area contributed by atoms with Crippen molar-refractivity contribution in [3.63, 3.8) is 0 Å². The topological polar surface area (TPSA) is 76.5 Å². The summed E-state index contributed by atoms with van der Waals surface area (Å²) in [6.45, 7) is 1.94. The molecule has 1 aliphatic rings. The second-order valence-corrected chi connectivity index (χ2v) is 7.75. The molecule has 0 saturated heterocycles. The number of amides is 2. The molecule has 164 valence electrons. The summed E-state index contributed by atoms with van der Waals surface area (Å²) in [5, 5.41) is 7.81. The number of anilines is 2. The van der Waals surface area contributed by atoms with Crippen molar-refractivity contribution in [3.8, 4) is 5.69 Å². The maximum absolute atomic E-state index is 13.5. The Hall–Kier alpha value is -4.39. The fraction of sp³-hybridized carbons (Fsp3) is 0.115. The molecule has 7 heteroatoms. The summed E-state index contributed by atoms with van der Waals surface area (Å²) < 4.78 is 6.59. The quantitative estimate of drug-likeness (QED) is 0.449. The molecule has 2 heterocycles. The molecule has 0 aliphatic carbocycles. The molecule has 0 saturated carbocycles. The van der Waals surface area contributed by atoms with Gasteiger partial charge in [0, 0.05) is 11.3 Å². The Morgan fingerprint density at radius 3 is 2.12 bits per heavy atom. The van der Waals surface area contributed by atoms with Gasteiger partial charge in [-0.25, -0.2) is 14.3 Å². The van der Waals surface area contributed by atoms with Gasteiger partial charge < -0.3 is 4.74 Å². The van der Waals surface area contributed by atoms with E-state index in [1.54, 1.807) is 21.7 Å². The molecule has 1 aromatic heterocycles. The van der Waals surface area contributed by atoms with Crippen LogP contribution in [-0.2, 0) is 4.74 Å². The Morgan fingerprint density at radius 2 is 1.52 bits per heavy atom. The van der Waals surface area contributed by atoms with Crippen LogP contribution in [0.2, 0.25) is 0 Å². The van der Waals surface area contributed by atoms with Crippen molar-refractivity contribution >= 4 is 23.5 Å². The van der Waals surface area contributed by atoms with E-state index in [1.807, 2.05) is 79.7 Å². The summed E-state index contributed by atoms with van der Waals surface area (Å²) in [6, 6.07) is 25.7. The Balaban J connectivity index is 1.70. The lowest BCUT2D eigenvalue weighted by atomic mass is 9.94. The molecule has 1 N–H and O–H groups in total. The van der Waals surface area contributed by atoms with E-state index in [4.69, 9.17) is 9.84 Å². The molecule has 0 spiro atoms. The molecule has 3 aromatic carbocycles. The molecular formula is C26H22N4O3. The van der Waals surface area contributed by atoms with Crippen LogP contribution in [0.1, 0.15) is 33.2 Å². The zero-order chi connectivity index (χ0) is 22.9. The van der Waals surface area contributed by atoms with Crippen molar-refractivity contribution in [2.75, 3.05) is 17.3 Å². The largest absolute Gasteiger partial charge is 0.465 e. The first-order chi connectivity index (χ1) is 16.1. The summed E-state index contributed by atoms with van der Waals surface area (Å²) >= 11 is 0. The number of ether oxygens (including phenoxy) is 1. The summed E-state index contributed by atoms with van der Waals surface area (Å²) in [5.41, 5.74) is 4.62. The van der Waals surface area contributed by atoms with Crippen LogP contribution < -0.4 is 10.2 Å². The van der Waals surface area contributed by atoms with Crippen LogP contribution in [0.4, 0.5) is 16.3 Å². The molecule has 0 bridgehead atoms. The number of nitrogens with one attached hydrogen (secondary N) is 1. The van der Waals surface area contributed by atoms with Crippen LogP contribution in [0.3, 0.4) is 0 Å². The van der Waals surface area contributed by atoms with Gasteiger partial charge in [0.2, 0.25) is 0 Å². The first-order valence-corrected chi connectivity index (χ1v) is 10.6. The third-order valence-corrected chi connectivity index (χ3v) is 5.77. The van der Waals surface area contributed by atoms with Gasteiger partial charge in [0.05, 0.1) is 30.1 Å². The number of esters is 1. The lowest BCUT2D eigenvalue weighted by molar-refractivity contribution is 0.0600. The minimum atomic E-state index is -0.430. The van der Waals surface area contributed by atoms with Gasteiger partial charge in [-0.2, -0.15) is 5.10 Å². The number of hydrogen-bond acceptors (Lipinski definition) is 4. The van der Waals surface area contributed by atoms with Gasteiger partial charge in [-0.05, 0) is 48.9 Å². The molecule has 7 nitrogen and oxygen atoms in total. The van der Waals surface area contributed by atoms with E-state index in [9.17, 15) is 9.59 Å². The number of aryl methyl sites for hydroxylation is 1. The maximum atomic E-state index is 13.5. The van der Waals surface area contributed by atoms with Crippen LogP contribution >= 0.6 is 0 Å². The second kappa shape index (κ2) is 8.27. The third kappa shape index (κ3) is 3.53. The Bertz CT molecular complexity index is 1320. The molecule has 2 amide bonds. The molecule has 5 rings (SSSR count). The summed E-state index contributed by atoms with van der Waals surface area (Å²) in [5.74, 6) is 0.231. The lowest BCUT2D eigenvalue weighted by Crippen LogP contribution is -2.43. The average molecular weight is 438 g/mol. The number of benzene rings is 3. The van der Waals surface area contributed by atoms with E-state index in [0.717, 1.165) is 28.2 Å². The van der Waals surface area contributed by atoms with Crippen LogP contribution in [0.5, 0.6) is 0 Å². The van der Waals surface area contributed by atoms with Gasteiger partial charge in [-0.3, -0.25) is 10.2 Å². The van der Waals surface area contributed by atoms with Crippen molar-refractivity contribution in [3.05, 3.63) is 107 Å². The monoisotopic (exact) mass is 438 g/mol. The number of hydrogen-bond donors (Lipinski definition) is 1. The fourth-order valence-electron chi connectivity index (χ4n) is 4.24. The number of aromatic nitrogens is 2. The first kappa shape index (κ1) is 20.5. The van der Waals surface area contributed by atoms with E-state index in [2.05, 4.69) is 5.32 Å².